The molecule has 3 rings (SSSR count). The SMILES string of the molecule is Cc1ccc(-c2c(N)noc2-c2cc[nH]c(=O)c2)cc1C. The molecule has 0 saturated carbocycles. The van der Waals surface area contributed by atoms with Crippen LogP contribution in [0.4, 0.5) is 5.82 Å². The largest absolute Gasteiger partial charge is 0.380 e. The molecule has 0 saturated heterocycles. The second-order valence-corrected chi connectivity index (χ2v) is 5.01. The molecule has 0 bridgehead atoms. The second-order valence-electron chi connectivity index (χ2n) is 5.01. The zero-order valence-corrected chi connectivity index (χ0v) is 11.8. The predicted molar refractivity (Wildman–Crippen MR) is 81.9 cm³/mol. The van der Waals surface area contributed by atoms with Crippen molar-refractivity contribution in [3.63, 3.8) is 0 Å². The van der Waals surface area contributed by atoms with E-state index in [9.17, 15) is 4.79 Å². The highest BCUT2D eigenvalue weighted by Crippen LogP contribution is 2.36. The Morgan fingerprint density at radius 3 is 2.62 bits per heavy atom. The number of H-pyrrole nitrogens is 1. The Kier molecular flexibility index (Phi) is 3.10. The highest BCUT2D eigenvalue weighted by Gasteiger charge is 2.18. The minimum Gasteiger partial charge on any atom is -0.380 e. The fourth-order valence-corrected chi connectivity index (χ4v) is 2.26. The number of aromatic nitrogens is 2. The maximum Gasteiger partial charge on any atom is 0.248 e. The normalized spacial score (nSPS) is 10.8. The molecule has 5 heteroatoms. The van der Waals surface area contributed by atoms with E-state index in [0.29, 0.717) is 22.7 Å². The number of nitrogen functional groups attached to an aromatic ring is 1. The summed E-state index contributed by atoms with van der Waals surface area (Å²) in [6.45, 7) is 4.09. The third kappa shape index (κ3) is 2.33. The molecule has 0 aliphatic heterocycles. The van der Waals surface area contributed by atoms with Crippen LogP contribution in [0.25, 0.3) is 22.5 Å². The van der Waals surface area contributed by atoms with E-state index in [-0.39, 0.29) is 5.56 Å². The number of anilines is 1. The van der Waals surface area contributed by atoms with Crippen LogP contribution in [0, 0.1) is 13.8 Å². The van der Waals surface area contributed by atoms with Gasteiger partial charge in [-0.2, -0.15) is 0 Å². The molecule has 2 heterocycles. The van der Waals surface area contributed by atoms with Crippen LogP contribution in [0.5, 0.6) is 0 Å². The number of hydrogen-bond donors (Lipinski definition) is 2. The monoisotopic (exact) mass is 281 g/mol. The van der Waals surface area contributed by atoms with Crippen molar-refractivity contribution < 1.29 is 4.52 Å². The first-order valence-electron chi connectivity index (χ1n) is 6.58. The zero-order chi connectivity index (χ0) is 15.0. The third-order valence-corrected chi connectivity index (χ3v) is 3.55. The van der Waals surface area contributed by atoms with Crippen molar-refractivity contribution in [2.24, 2.45) is 0 Å². The first kappa shape index (κ1) is 13.2. The van der Waals surface area contributed by atoms with Crippen LogP contribution < -0.4 is 11.3 Å². The van der Waals surface area contributed by atoms with Crippen molar-refractivity contribution in [2.75, 3.05) is 5.73 Å². The fraction of sp³-hybridized carbons (Fsp3) is 0.125. The summed E-state index contributed by atoms with van der Waals surface area (Å²) in [5.74, 6) is 0.815. The molecule has 5 nitrogen and oxygen atoms in total. The molecular formula is C16H15N3O2. The average molecular weight is 281 g/mol. The van der Waals surface area contributed by atoms with Crippen LogP contribution >= 0.6 is 0 Å². The van der Waals surface area contributed by atoms with E-state index in [2.05, 4.69) is 10.1 Å². The van der Waals surface area contributed by atoms with Crippen LogP contribution in [0.2, 0.25) is 0 Å². The summed E-state index contributed by atoms with van der Waals surface area (Å²) in [5.41, 5.74) is 10.4. The number of benzene rings is 1. The van der Waals surface area contributed by atoms with Crippen LogP contribution in [0.1, 0.15) is 11.1 Å². The van der Waals surface area contributed by atoms with Gasteiger partial charge in [0.2, 0.25) is 5.56 Å². The van der Waals surface area contributed by atoms with Gasteiger partial charge in [0.15, 0.2) is 11.6 Å². The van der Waals surface area contributed by atoms with Crippen molar-refractivity contribution in [3.8, 4) is 22.5 Å². The van der Waals surface area contributed by atoms with Gasteiger partial charge in [-0.1, -0.05) is 23.4 Å². The number of rotatable bonds is 2. The van der Waals surface area contributed by atoms with Crippen molar-refractivity contribution in [2.45, 2.75) is 13.8 Å². The van der Waals surface area contributed by atoms with Crippen LogP contribution in [0.15, 0.2) is 45.8 Å². The van der Waals surface area contributed by atoms with E-state index < -0.39 is 0 Å². The summed E-state index contributed by atoms with van der Waals surface area (Å²) in [5, 5.41) is 3.84. The van der Waals surface area contributed by atoms with Crippen LogP contribution in [0.3, 0.4) is 0 Å². The lowest BCUT2D eigenvalue weighted by Gasteiger charge is -2.06. The molecule has 3 aromatic rings. The summed E-state index contributed by atoms with van der Waals surface area (Å²) in [6.07, 6.45) is 1.57. The molecule has 0 spiro atoms. The number of nitrogens with zero attached hydrogens (tertiary/aromatic N) is 1. The van der Waals surface area contributed by atoms with Crippen molar-refractivity contribution in [1.29, 1.82) is 0 Å². The van der Waals surface area contributed by atoms with Gasteiger partial charge >= 0.3 is 0 Å². The molecule has 0 aliphatic carbocycles. The Hall–Kier alpha value is -2.82. The number of aryl methyl sites for hydroxylation is 2. The predicted octanol–water partition coefficient (Wildman–Crippen LogP) is 2.90. The van der Waals surface area contributed by atoms with Gasteiger partial charge in [0.05, 0.1) is 5.56 Å². The van der Waals surface area contributed by atoms with Crippen LogP contribution in [-0.4, -0.2) is 10.1 Å². The smallest absolute Gasteiger partial charge is 0.248 e. The van der Waals surface area contributed by atoms with Gasteiger partial charge in [-0.05, 0) is 36.6 Å². The van der Waals surface area contributed by atoms with Crippen molar-refractivity contribution in [3.05, 3.63) is 58.0 Å². The minimum atomic E-state index is -0.200. The second kappa shape index (κ2) is 4.94. The molecule has 0 unspecified atom stereocenters. The highest BCUT2D eigenvalue weighted by molar-refractivity contribution is 5.86. The Morgan fingerprint density at radius 2 is 1.90 bits per heavy atom. The number of hydrogen-bond acceptors (Lipinski definition) is 4. The first-order chi connectivity index (χ1) is 10.1. The van der Waals surface area contributed by atoms with E-state index in [1.165, 1.54) is 11.6 Å². The lowest BCUT2D eigenvalue weighted by molar-refractivity contribution is 0.436. The van der Waals surface area contributed by atoms with Gasteiger partial charge in [0.25, 0.3) is 0 Å². The topological polar surface area (TPSA) is 84.9 Å². The number of pyridine rings is 1. The molecular weight excluding hydrogens is 266 g/mol. The maximum atomic E-state index is 11.5. The molecule has 0 aliphatic rings. The Morgan fingerprint density at radius 1 is 1.10 bits per heavy atom. The summed E-state index contributed by atoms with van der Waals surface area (Å²) in [4.78, 5) is 14.0. The molecule has 1 aromatic carbocycles. The number of nitrogens with two attached hydrogens (primary N) is 1. The van der Waals surface area contributed by atoms with Gasteiger partial charge in [-0.15, -0.1) is 0 Å². The van der Waals surface area contributed by atoms with Crippen molar-refractivity contribution in [1.82, 2.24) is 10.1 Å². The molecule has 3 N–H and O–H groups in total. The maximum absolute atomic E-state index is 11.5. The van der Waals surface area contributed by atoms with E-state index in [0.717, 1.165) is 11.1 Å². The lowest BCUT2D eigenvalue weighted by Crippen LogP contribution is -2.02. The third-order valence-electron chi connectivity index (χ3n) is 3.55. The molecule has 0 amide bonds. The van der Waals surface area contributed by atoms with Crippen molar-refractivity contribution >= 4 is 5.82 Å². The first-order valence-corrected chi connectivity index (χ1v) is 6.58. The molecule has 2 aromatic heterocycles. The highest BCUT2D eigenvalue weighted by atomic mass is 16.5. The molecule has 21 heavy (non-hydrogen) atoms. The number of aromatic amines is 1. The molecule has 0 fully saturated rings. The Balaban J connectivity index is 2.21. The van der Waals surface area contributed by atoms with Gasteiger partial charge in [0, 0.05) is 17.8 Å². The number of nitrogens with one attached hydrogen (secondary N) is 1. The summed E-state index contributed by atoms with van der Waals surface area (Å²) in [6, 6.07) is 9.26. The fourth-order valence-electron chi connectivity index (χ4n) is 2.26. The van der Waals surface area contributed by atoms with E-state index in [4.69, 9.17) is 10.3 Å². The molecule has 106 valence electrons. The van der Waals surface area contributed by atoms with E-state index in [1.54, 1.807) is 12.3 Å². The summed E-state index contributed by atoms with van der Waals surface area (Å²) >= 11 is 0. The van der Waals surface area contributed by atoms with Gasteiger partial charge in [0.1, 0.15) is 0 Å². The van der Waals surface area contributed by atoms with E-state index >= 15 is 0 Å². The summed E-state index contributed by atoms with van der Waals surface area (Å²) < 4.78 is 5.33. The molecule has 0 atom stereocenters. The minimum absolute atomic E-state index is 0.200. The average Bonchev–Trinajstić information content (AvgIpc) is 2.84. The van der Waals surface area contributed by atoms with Gasteiger partial charge in [-0.25, -0.2) is 0 Å². The lowest BCUT2D eigenvalue weighted by atomic mass is 9.98. The Bertz CT molecular complexity index is 862. The van der Waals surface area contributed by atoms with Gasteiger partial charge in [-0.3, -0.25) is 4.79 Å². The van der Waals surface area contributed by atoms with Crippen LogP contribution in [-0.2, 0) is 0 Å². The van der Waals surface area contributed by atoms with Gasteiger partial charge < -0.3 is 15.2 Å². The summed E-state index contributed by atoms with van der Waals surface area (Å²) in [7, 11) is 0. The van der Waals surface area contributed by atoms with E-state index in [1.807, 2.05) is 32.0 Å². The zero-order valence-electron chi connectivity index (χ0n) is 11.8. The quantitative estimate of drug-likeness (QED) is 0.756. The standard InChI is InChI=1S/C16H15N3O2/c1-9-3-4-11(7-10(9)2)14-15(21-19-16(14)17)12-5-6-18-13(20)8-12/h3-8H,1-2H3,(H2,17,19)(H,18,20). The molecule has 0 radical (unpaired) electrons. The Labute approximate surface area is 121 Å².